The van der Waals surface area contributed by atoms with Crippen LogP contribution in [-0.4, -0.2) is 38.2 Å². The fourth-order valence-electron chi connectivity index (χ4n) is 2.36. The van der Waals surface area contributed by atoms with E-state index in [1.807, 2.05) is 50.5 Å². The van der Waals surface area contributed by atoms with E-state index in [0.29, 0.717) is 0 Å². The summed E-state index contributed by atoms with van der Waals surface area (Å²) in [7, 11) is 5.35. The van der Waals surface area contributed by atoms with Gasteiger partial charge in [0.1, 0.15) is 5.75 Å². The molecule has 22 heavy (non-hydrogen) atoms. The second-order valence-electron chi connectivity index (χ2n) is 5.43. The molecule has 0 saturated heterocycles. The van der Waals surface area contributed by atoms with Crippen LogP contribution in [0.3, 0.4) is 0 Å². The van der Waals surface area contributed by atoms with Crippen LogP contribution in [0.2, 0.25) is 0 Å². The molecule has 1 fully saturated rings. The predicted octanol–water partition coefficient (Wildman–Crippen LogP) is 3.31. The van der Waals surface area contributed by atoms with Gasteiger partial charge < -0.3 is 9.75 Å². The normalized spacial score (nSPS) is 19.1. The number of nitrogens with zero attached hydrogens (tertiary/aromatic N) is 2. The molecule has 0 amide bonds. The highest BCUT2D eigenvalue weighted by molar-refractivity contribution is 6.13. The van der Waals surface area contributed by atoms with Gasteiger partial charge in [-0.2, -0.15) is 5.10 Å². The van der Waals surface area contributed by atoms with Crippen molar-refractivity contribution in [3.63, 3.8) is 0 Å². The van der Waals surface area contributed by atoms with Gasteiger partial charge in [0.25, 0.3) is 0 Å². The van der Waals surface area contributed by atoms with Crippen molar-refractivity contribution in [2.45, 2.75) is 19.3 Å². The Hall–Kier alpha value is -2.36. The minimum absolute atomic E-state index is 0.132. The molecule has 0 heterocycles. The Kier molecular flexibility index (Phi) is 5.53. The average Bonchev–Trinajstić information content (AvgIpc) is 2.51. The predicted molar refractivity (Wildman–Crippen MR) is 90.1 cm³/mol. The fourth-order valence-corrected chi connectivity index (χ4v) is 2.36. The molecule has 0 aromatic heterocycles. The van der Waals surface area contributed by atoms with Gasteiger partial charge in [-0.25, -0.2) is 0 Å². The van der Waals surface area contributed by atoms with Gasteiger partial charge in [0.15, 0.2) is 5.78 Å². The third-order valence-electron chi connectivity index (χ3n) is 3.51. The van der Waals surface area contributed by atoms with Crippen molar-refractivity contribution in [2.75, 3.05) is 21.2 Å². The Morgan fingerprint density at radius 1 is 1.14 bits per heavy atom. The number of ketones is 1. The molecule has 0 spiro atoms. The smallest absolute Gasteiger partial charge is 0.185 e. The number of hydrazone groups is 1. The highest BCUT2D eigenvalue weighted by Gasteiger charge is 2.19. The molecule has 1 saturated carbocycles. The molecular formula is C18H22N2O2. The first kappa shape index (κ1) is 16.0. The number of allylic oxidation sites excluding steroid dienone is 3. The molecule has 0 atom stereocenters. The molecule has 0 unspecified atom stereocenters. The number of ether oxygens (including phenoxy) is 1. The lowest BCUT2D eigenvalue weighted by Crippen LogP contribution is -2.12. The second kappa shape index (κ2) is 7.59. The van der Waals surface area contributed by atoms with Crippen LogP contribution < -0.4 is 4.74 Å². The minimum Gasteiger partial charge on any atom is -0.497 e. The van der Waals surface area contributed by atoms with Crippen molar-refractivity contribution < 1.29 is 9.53 Å². The number of hydrogen-bond donors (Lipinski definition) is 0. The maximum absolute atomic E-state index is 12.5. The molecule has 0 bridgehead atoms. The van der Waals surface area contributed by atoms with Crippen molar-refractivity contribution in [2.24, 2.45) is 5.10 Å². The first-order valence-electron chi connectivity index (χ1n) is 7.40. The Balaban J connectivity index is 2.16. The average molecular weight is 298 g/mol. The van der Waals surface area contributed by atoms with E-state index in [1.165, 1.54) is 0 Å². The molecule has 4 heteroatoms. The SMILES string of the molecule is COc1ccc(/C=C2/CCC/C(=C\C=N\N(C)C)C2=O)cc1. The molecule has 1 aromatic rings. The van der Waals surface area contributed by atoms with Gasteiger partial charge >= 0.3 is 0 Å². The van der Waals surface area contributed by atoms with E-state index in [2.05, 4.69) is 5.10 Å². The van der Waals surface area contributed by atoms with Crippen molar-refractivity contribution >= 4 is 18.1 Å². The van der Waals surface area contributed by atoms with E-state index in [1.54, 1.807) is 18.3 Å². The molecule has 4 nitrogen and oxygen atoms in total. The van der Waals surface area contributed by atoms with E-state index in [-0.39, 0.29) is 5.78 Å². The standard InChI is InChI=1S/C18H22N2O2/c1-20(2)19-12-11-15-5-4-6-16(18(15)21)13-14-7-9-17(22-3)10-8-14/h7-13H,4-6H2,1-3H3/b15-11+,16-13-,19-12+. The third kappa shape index (κ3) is 4.32. The maximum atomic E-state index is 12.5. The molecule has 2 rings (SSSR count). The summed E-state index contributed by atoms with van der Waals surface area (Å²) in [5.41, 5.74) is 2.71. The van der Waals surface area contributed by atoms with Crippen LogP contribution >= 0.6 is 0 Å². The van der Waals surface area contributed by atoms with E-state index >= 15 is 0 Å². The lowest BCUT2D eigenvalue weighted by molar-refractivity contribution is -0.112. The summed E-state index contributed by atoms with van der Waals surface area (Å²) in [4.78, 5) is 12.5. The van der Waals surface area contributed by atoms with Crippen LogP contribution in [0.25, 0.3) is 6.08 Å². The first-order chi connectivity index (χ1) is 10.6. The lowest BCUT2D eigenvalue weighted by Gasteiger charge is -2.16. The highest BCUT2D eigenvalue weighted by atomic mass is 16.5. The summed E-state index contributed by atoms with van der Waals surface area (Å²) in [6, 6.07) is 7.73. The lowest BCUT2D eigenvalue weighted by atomic mass is 9.87. The number of hydrogen-bond acceptors (Lipinski definition) is 4. The van der Waals surface area contributed by atoms with Gasteiger partial charge in [-0.3, -0.25) is 4.79 Å². The first-order valence-corrected chi connectivity index (χ1v) is 7.40. The molecular weight excluding hydrogens is 276 g/mol. The Morgan fingerprint density at radius 3 is 2.45 bits per heavy atom. The molecule has 1 aliphatic rings. The summed E-state index contributed by atoms with van der Waals surface area (Å²) in [5, 5.41) is 5.83. The number of Topliss-reactive ketones (excluding diaryl/α,β-unsaturated/α-hetero) is 1. The van der Waals surface area contributed by atoms with E-state index < -0.39 is 0 Å². The number of benzene rings is 1. The minimum atomic E-state index is 0.132. The Bertz CT molecular complexity index is 610. The van der Waals surface area contributed by atoms with Gasteiger partial charge in [-0.1, -0.05) is 12.1 Å². The number of carbonyl (C=O) groups excluding carboxylic acids is 1. The second-order valence-corrected chi connectivity index (χ2v) is 5.43. The number of carbonyl (C=O) groups is 1. The van der Waals surface area contributed by atoms with Crippen molar-refractivity contribution in [1.29, 1.82) is 0 Å². The Labute approximate surface area is 131 Å². The topological polar surface area (TPSA) is 41.9 Å². The van der Waals surface area contributed by atoms with Crippen LogP contribution in [0, 0.1) is 0 Å². The summed E-state index contributed by atoms with van der Waals surface area (Å²) >= 11 is 0. The molecule has 0 aliphatic heterocycles. The van der Waals surface area contributed by atoms with Gasteiger partial charge in [0, 0.05) is 31.5 Å². The summed E-state index contributed by atoms with van der Waals surface area (Å²) < 4.78 is 5.15. The molecule has 1 aromatic carbocycles. The van der Waals surface area contributed by atoms with Gasteiger partial charge in [-0.05, 0) is 49.1 Å². The summed E-state index contributed by atoms with van der Waals surface area (Å²) in [5.74, 6) is 0.949. The van der Waals surface area contributed by atoms with Gasteiger partial charge in [-0.15, -0.1) is 0 Å². The third-order valence-corrected chi connectivity index (χ3v) is 3.51. The van der Waals surface area contributed by atoms with Crippen molar-refractivity contribution in [3.05, 3.63) is 47.1 Å². The summed E-state index contributed by atoms with van der Waals surface area (Å²) in [6.45, 7) is 0. The van der Waals surface area contributed by atoms with Crippen LogP contribution in [0.15, 0.2) is 46.6 Å². The van der Waals surface area contributed by atoms with Crippen LogP contribution in [0.5, 0.6) is 5.75 Å². The zero-order chi connectivity index (χ0) is 15.9. The number of rotatable bonds is 4. The maximum Gasteiger partial charge on any atom is 0.185 e. The van der Waals surface area contributed by atoms with Crippen LogP contribution in [-0.2, 0) is 4.79 Å². The van der Waals surface area contributed by atoms with Crippen molar-refractivity contribution in [3.8, 4) is 5.75 Å². The Morgan fingerprint density at radius 2 is 1.82 bits per heavy atom. The molecule has 1 aliphatic carbocycles. The molecule has 0 radical (unpaired) electrons. The van der Waals surface area contributed by atoms with E-state index in [0.717, 1.165) is 41.7 Å². The number of methoxy groups -OCH3 is 1. The van der Waals surface area contributed by atoms with Gasteiger partial charge in [0.05, 0.1) is 7.11 Å². The zero-order valence-electron chi connectivity index (χ0n) is 13.4. The van der Waals surface area contributed by atoms with Crippen LogP contribution in [0.1, 0.15) is 24.8 Å². The molecule has 116 valence electrons. The van der Waals surface area contributed by atoms with Gasteiger partial charge in [0.2, 0.25) is 0 Å². The largest absolute Gasteiger partial charge is 0.497 e. The quantitative estimate of drug-likeness (QED) is 0.486. The molecule has 0 N–H and O–H groups in total. The zero-order valence-corrected chi connectivity index (χ0v) is 13.4. The monoisotopic (exact) mass is 298 g/mol. The van der Waals surface area contributed by atoms with Crippen LogP contribution in [0.4, 0.5) is 0 Å². The van der Waals surface area contributed by atoms with E-state index in [9.17, 15) is 4.79 Å². The summed E-state index contributed by atoms with van der Waals surface area (Å²) in [6.07, 6.45) is 8.12. The van der Waals surface area contributed by atoms with Crippen molar-refractivity contribution in [1.82, 2.24) is 5.01 Å². The highest BCUT2D eigenvalue weighted by Crippen LogP contribution is 2.26. The van der Waals surface area contributed by atoms with E-state index in [4.69, 9.17) is 4.74 Å². The fraction of sp³-hybridized carbons (Fsp3) is 0.333.